The predicted molar refractivity (Wildman–Crippen MR) is 126 cm³/mol. The van der Waals surface area contributed by atoms with Crippen molar-refractivity contribution in [2.24, 2.45) is 0 Å². The highest BCUT2D eigenvalue weighted by Crippen LogP contribution is 2.53. The third kappa shape index (κ3) is 3.31. The predicted octanol–water partition coefficient (Wildman–Crippen LogP) is 7.35. The maximum atomic E-state index is 4.41. The molecule has 1 heterocycles. The van der Waals surface area contributed by atoms with Gasteiger partial charge in [-0.1, -0.05) is 78.5 Å². The van der Waals surface area contributed by atoms with E-state index in [4.69, 9.17) is 0 Å². The van der Waals surface area contributed by atoms with Gasteiger partial charge in [-0.3, -0.25) is 0 Å². The van der Waals surface area contributed by atoms with Gasteiger partial charge in [-0.2, -0.15) is 0 Å². The molecule has 0 aromatic heterocycles. The van der Waals surface area contributed by atoms with E-state index < -0.39 is 0 Å². The molecule has 2 aliphatic rings. The largest absolute Gasteiger partial charge is 0.360 e. The van der Waals surface area contributed by atoms with Crippen molar-refractivity contribution in [3.8, 4) is 0 Å². The second-order valence-corrected chi connectivity index (χ2v) is 9.70. The van der Waals surface area contributed by atoms with Crippen molar-refractivity contribution in [1.82, 2.24) is 0 Å². The molecule has 0 saturated heterocycles. The number of allylic oxidation sites excluding steroid dienone is 2. The van der Waals surface area contributed by atoms with Crippen molar-refractivity contribution < 1.29 is 0 Å². The zero-order chi connectivity index (χ0) is 21.0. The van der Waals surface area contributed by atoms with Crippen LogP contribution in [0.15, 0.2) is 66.5 Å². The van der Waals surface area contributed by atoms with Gasteiger partial charge in [0.05, 0.1) is 0 Å². The van der Waals surface area contributed by atoms with E-state index in [9.17, 15) is 0 Å². The summed E-state index contributed by atoms with van der Waals surface area (Å²) in [5, 5.41) is 7.23. The average molecular weight is 385 g/mol. The number of para-hydroxylation sites is 1. The Morgan fingerprint density at radius 2 is 1.83 bits per heavy atom. The highest BCUT2D eigenvalue weighted by atomic mass is 14.9. The number of hydrogen-bond acceptors (Lipinski definition) is 2. The molecule has 0 atom stereocenters. The van der Waals surface area contributed by atoms with Gasteiger partial charge in [0.2, 0.25) is 0 Å². The first-order chi connectivity index (χ1) is 13.6. The number of fused-ring (bicyclic) bond motifs is 2. The van der Waals surface area contributed by atoms with Gasteiger partial charge in [-0.15, -0.1) is 0 Å². The van der Waals surface area contributed by atoms with Crippen LogP contribution in [0.4, 0.5) is 11.4 Å². The number of hydrogen-bond donors (Lipinski definition) is 2. The molecular formula is C27H32N2. The molecule has 0 unspecified atom stereocenters. The maximum Gasteiger partial charge on any atom is 0.0459 e. The maximum absolute atomic E-state index is 4.41. The molecule has 29 heavy (non-hydrogen) atoms. The number of benzene rings is 2. The van der Waals surface area contributed by atoms with Crippen LogP contribution in [0.1, 0.15) is 70.2 Å². The zero-order valence-electron chi connectivity index (χ0n) is 18.5. The summed E-state index contributed by atoms with van der Waals surface area (Å²) in [6.07, 6.45) is 5.29. The Morgan fingerprint density at radius 1 is 1.14 bits per heavy atom. The standard InChI is InChI=1S/C27H32N2/c1-8-11-24(19-16-28-23-13-10-9-12-18(23)17(19)2)29-25-15-21-20(27(21,6)7)14-22(25)26(3,4)5/h9-16,28-29H,2,8H2,1,3-7H3/b24-11+. The van der Waals surface area contributed by atoms with Crippen molar-refractivity contribution in [3.05, 3.63) is 88.8 Å². The minimum atomic E-state index is 0.0656. The van der Waals surface area contributed by atoms with Crippen molar-refractivity contribution in [3.63, 3.8) is 0 Å². The molecule has 2 nitrogen and oxygen atoms in total. The van der Waals surface area contributed by atoms with Gasteiger partial charge in [0.25, 0.3) is 0 Å². The van der Waals surface area contributed by atoms with Crippen LogP contribution >= 0.6 is 0 Å². The molecule has 4 rings (SSSR count). The normalized spacial score (nSPS) is 17.1. The van der Waals surface area contributed by atoms with Crippen LogP contribution in [0.25, 0.3) is 5.57 Å². The van der Waals surface area contributed by atoms with Gasteiger partial charge in [0.1, 0.15) is 0 Å². The Bertz CT molecular complexity index is 1060. The van der Waals surface area contributed by atoms with Crippen LogP contribution < -0.4 is 10.6 Å². The third-order valence-corrected chi connectivity index (χ3v) is 6.17. The summed E-state index contributed by atoms with van der Waals surface area (Å²) in [6, 6.07) is 13.1. The zero-order valence-corrected chi connectivity index (χ0v) is 18.5. The van der Waals surface area contributed by atoms with E-state index in [0.29, 0.717) is 0 Å². The van der Waals surface area contributed by atoms with Crippen molar-refractivity contribution in [1.29, 1.82) is 0 Å². The fourth-order valence-corrected chi connectivity index (χ4v) is 4.28. The molecule has 0 bridgehead atoms. The highest BCUT2D eigenvalue weighted by Gasteiger charge is 2.43. The highest BCUT2D eigenvalue weighted by molar-refractivity contribution is 5.92. The van der Waals surface area contributed by atoms with Gasteiger partial charge >= 0.3 is 0 Å². The Kier molecular flexibility index (Phi) is 4.49. The first kappa shape index (κ1) is 19.6. The second-order valence-electron chi connectivity index (χ2n) is 9.70. The first-order valence-corrected chi connectivity index (χ1v) is 10.6. The summed E-state index contributed by atoms with van der Waals surface area (Å²) in [5.41, 5.74) is 11.3. The lowest BCUT2D eigenvalue weighted by atomic mass is 9.85. The van der Waals surface area contributed by atoms with Crippen LogP contribution in [-0.2, 0) is 10.8 Å². The SMILES string of the molecule is C=C1C(/C(=C\CC)Nc2cc3c(cc2C(C)(C)C)C3(C)C)=CNc2ccccc21. The van der Waals surface area contributed by atoms with E-state index in [1.807, 2.05) is 0 Å². The lowest BCUT2D eigenvalue weighted by Crippen LogP contribution is -2.16. The number of rotatable bonds is 4. The topological polar surface area (TPSA) is 24.1 Å². The summed E-state index contributed by atoms with van der Waals surface area (Å²) >= 11 is 0. The molecule has 0 spiro atoms. The summed E-state index contributed by atoms with van der Waals surface area (Å²) in [6.45, 7) is 18.1. The molecule has 2 aromatic carbocycles. The van der Waals surface area contributed by atoms with Gasteiger partial charge < -0.3 is 10.6 Å². The molecule has 0 saturated carbocycles. The molecule has 0 amide bonds. The fourth-order valence-electron chi connectivity index (χ4n) is 4.28. The first-order valence-electron chi connectivity index (χ1n) is 10.6. The van der Waals surface area contributed by atoms with Crippen LogP contribution in [0.2, 0.25) is 0 Å². The monoisotopic (exact) mass is 384 g/mol. The number of nitrogens with one attached hydrogen (secondary N) is 2. The lowest BCUT2D eigenvalue weighted by Gasteiger charge is -2.27. The number of anilines is 2. The van der Waals surface area contributed by atoms with E-state index in [1.54, 1.807) is 0 Å². The van der Waals surface area contributed by atoms with Crippen molar-refractivity contribution in [2.45, 2.75) is 58.8 Å². The van der Waals surface area contributed by atoms with Crippen molar-refractivity contribution >= 4 is 16.9 Å². The lowest BCUT2D eigenvalue weighted by molar-refractivity contribution is 0.592. The molecule has 2 aromatic rings. The van der Waals surface area contributed by atoms with Crippen LogP contribution in [0.5, 0.6) is 0 Å². The Hall–Kier alpha value is -2.74. The van der Waals surface area contributed by atoms with Crippen LogP contribution in [0, 0.1) is 0 Å². The molecular weight excluding hydrogens is 352 g/mol. The second kappa shape index (κ2) is 6.66. The van der Waals surface area contributed by atoms with E-state index in [1.165, 1.54) is 22.4 Å². The molecule has 2 N–H and O–H groups in total. The minimum Gasteiger partial charge on any atom is -0.360 e. The minimum absolute atomic E-state index is 0.0656. The Labute approximate surface area is 175 Å². The fraction of sp³-hybridized carbons (Fsp3) is 0.333. The average Bonchev–Trinajstić information content (AvgIpc) is 3.20. The molecule has 0 fully saturated rings. The van der Waals surface area contributed by atoms with E-state index >= 15 is 0 Å². The quantitative estimate of drug-likeness (QED) is 0.576. The summed E-state index contributed by atoms with van der Waals surface area (Å²) in [4.78, 5) is 0. The Balaban J connectivity index is 1.73. The van der Waals surface area contributed by atoms with E-state index in [2.05, 4.69) is 107 Å². The third-order valence-electron chi connectivity index (χ3n) is 6.17. The molecule has 1 aliphatic heterocycles. The summed E-state index contributed by atoms with van der Waals surface area (Å²) in [7, 11) is 0. The summed E-state index contributed by atoms with van der Waals surface area (Å²) < 4.78 is 0. The molecule has 0 radical (unpaired) electrons. The van der Waals surface area contributed by atoms with Gasteiger partial charge in [-0.25, -0.2) is 0 Å². The van der Waals surface area contributed by atoms with Crippen LogP contribution in [-0.4, -0.2) is 0 Å². The molecule has 150 valence electrons. The van der Waals surface area contributed by atoms with E-state index in [0.717, 1.165) is 34.5 Å². The summed E-state index contributed by atoms with van der Waals surface area (Å²) in [5.74, 6) is 0. The van der Waals surface area contributed by atoms with Crippen LogP contribution in [0.3, 0.4) is 0 Å². The smallest absolute Gasteiger partial charge is 0.0459 e. The molecule has 2 heteroatoms. The van der Waals surface area contributed by atoms with E-state index in [-0.39, 0.29) is 10.8 Å². The van der Waals surface area contributed by atoms with Gasteiger partial charge in [-0.05, 0) is 46.2 Å². The van der Waals surface area contributed by atoms with Crippen molar-refractivity contribution in [2.75, 3.05) is 10.6 Å². The molecule has 1 aliphatic carbocycles. The Morgan fingerprint density at radius 3 is 2.52 bits per heavy atom. The van der Waals surface area contributed by atoms with Gasteiger partial charge in [0, 0.05) is 39.8 Å². The van der Waals surface area contributed by atoms with Gasteiger partial charge in [0.15, 0.2) is 0 Å².